The molecule has 3 aromatic heterocycles. The number of hydrogen-bond donors (Lipinski definition) is 2. The number of H-pyrrole nitrogens is 1. The van der Waals surface area contributed by atoms with Crippen molar-refractivity contribution in [2.24, 2.45) is 11.8 Å². The first-order valence-electron chi connectivity index (χ1n) is 9.51. The van der Waals surface area contributed by atoms with Gasteiger partial charge in [0.25, 0.3) is 0 Å². The zero-order valence-electron chi connectivity index (χ0n) is 15.9. The van der Waals surface area contributed by atoms with Crippen molar-refractivity contribution in [2.75, 3.05) is 5.75 Å². The molecule has 0 radical (unpaired) electrons. The fraction of sp³-hybridized carbons (Fsp3) is 0.611. The fourth-order valence-electron chi connectivity index (χ4n) is 4.05. The molecule has 0 aromatic carbocycles. The molecule has 0 bridgehead atoms. The third-order valence-electron chi connectivity index (χ3n) is 5.49. The monoisotopic (exact) mass is 390 g/mol. The summed E-state index contributed by atoms with van der Waals surface area (Å²) in [6.45, 7) is 6.23. The third-order valence-corrected chi connectivity index (χ3v) is 6.96. The second kappa shape index (κ2) is 6.87. The van der Waals surface area contributed by atoms with Crippen molar-refractivity contribution in [3.63, 3.8) is 0 Å². The molecule has 3 heterocycles. The van der Waals surface area contributed by atoms with Gasteiger partial charge in [0.05, 0.1) is 17.5 Å². The summed E-state index contributed by atoms with van der Waals surface area (Å²) >= 11 is 0. The number of nitrogens with one attached hydrogen (secondary N) is 2. The average molecular weight is 391 g/mol. The predicted molar refractivity (Wildman–Crippen MR) is 104 cm³/mol. The number of nitrogens with zero attached hydrogens (tertiary/aromatic N) is 4. The predicted octanol–water partition coefficient (Wildman–Crippen LogP) is 2.45. The molecule has 1 fully saturated rings. The van der Waals surface area contributed by atoms with E-state index in [2.05, 4.69) is 31.8 Å². The summed E-state index contributed by atoms with van der Waals surface area (Å²) < 4.78 is 29.7. The zero-order chi connectivity index (χ0) is 19.2. The largest absolute Gasteiger partial charge is 0.345 e. The van der Waals surface area contributed by atoms with Crippen molar-refractivity contribution in [2.45, 2.75) is 52.0 Å². The summed E-state index contributed by atoms with van der Waals surface area (Å²) in [7, 11) is -3.25. The first kappa shape index (κ1) is 18.4. The van der Waals surface area contributed by atoms with Crippen molar-refractivity contribution in [1.29, 1.82) is 0 Å². The second-order valence-corrected chi connectivity index (χ2v) is 9.97. The van der Waals surface area contributed by atoms with Crippen LogP contribution in [0.25, 0.3) is 16.8 Å². The van der Waals surface area contributed by atoms with Crippen LogP contribution in [0.5, 0.6) is 0 Å². The van der Waals surface area contributed by atoms with Crippen LogP contribution in [0, 0.1) is 11.8 Å². The highest BCUT2D eigenvalue weighted by Crippen LogP contribution is 2.39. The Morgan fingerprint density at radius 1 is 1.33 bits per heavy atom. The maximum atomic E-state index is 12.4. The number of aromatic amines is 1. The normalized spacial score (nSPS) is 23.8. The van der Waals surface area contributed by atoms with Gasteiger partial charge < -0.3 is 4.98 Å². The van der Waals surface area contributed by atoms with E-state index >= 15 is 0 Å². The van der Waals surface area contributed by atoms with Crippen LogP contribution in [0.2, 0.25) is 0 Å². The molecule has 0 spiro atoms. The molecular formula is C18H26N6O2S. The fourth-order valence-corrected chi connectivity index (χ4v) is 5.65. The highest BCUT2D eigenvalue weighted by Gasteiger charge is 2.37. The van der Waals surface area contributed by atoms with Crippen LogP contribution < -0.4 is 4.72 Å². The highest BCUT2D eigenvalue weighted by atomic mass is 32.2. The molecule has 1 aliphatic carbocycles. The SMILES string of the molecule is CC(C)CCS(=O)(=O)NC1C[C@@H](C)[C@@H](c2nnc3cnc4[nH]ccc4n23)C1. The van der Waals surface area contributed by atoms with E-state index in [1.807, 2.05) is 30.5 Å². The van der Waals surface area contributed by atoms with Crippen molar-refractivity contribution >= 4 is 26.8 Å². The quantitative estimate of drug-likeness (QED) is 0.673. The van der Waals surface area contributed by atoms with Crippen LogP contribution >= 0.6 is 0 Å². The van der Waals surface area contributed by atoms with E-state index < -0.39 is 10.0 Å². The standard InChI is InChI=1S/C18H26N6O2S/c1-11(2)5-7-27(25,26)23-13-8-12(3)14(9-13)18-22-21-16-10-20-17-15(24(16)18)4-6-19-17/h4,6,10-14,19,23H,5,7-9H2,1-3H3/t12-,13?,14+/m1/s1. The molecule has 4 rings (SSSR count). The summed E-state index contributed by atoms with van der Waals surface area (Å²) in [5.41, 5.74) is 2.45. The van der Waals surface area contributed by atoms with E-state index in [1.54, 1.807) is 6.20 Å². The Kier molecular flexibility index (Phi) is 4.67. The molecule has 0 saturated heterocycles. The molecule has 0 amide bonds. The molecule has 146 valence electrons. The molecular weight excluding hydrogens is 364 g/mol. The molecule has 2 N–H and O–H groups in total. The van der Waals surface area contributed by atoms with Crippen LogP contribution in [0.1, 0.15) is 51.8 Å². The summed E-state index contributed by atoms with van der Waals surface area (Å²) in [4.78, 5) is 7.47. The van der Waals surface area contributed by atoms with Gasteiger partial charge in [0.1, 0.15) is 5.82 Å². The second-order valence-electron chi connectivity index (χ2n) is 8.09. The van der Waals surface area contributed by atoms with Crippen LogP contribution in [0.4, 0.5) is 0 Å². The van der Waals surface area contributed by atoms with Crippen LogP contribution in [-0.4, -0.2) is 44.8 Å². The van der Waals surface area contributed by atoms with Crippen LogP contribution in [0.15, 0.2) is 18.5 Å². The van der Waals surface area contributed by atoms with Crippen molar-refractivity contribution in [3.8, 4) is 0 Å². The Balaban J connectivity index is 1.57. The van der Waals surface area contributed by atoms with Gasteiger partial charge in [-0.05, 0) is 37.2 Å². The lowest BCUT2D eigenvalue weighted by atomic mass is 9.97. The Morgan fingerprint density at radius 2 is 2.15 bits per heavy atom. The lowest BCUT2D eigenvalue weighted by Gasteiger charge is -2.14. The van der Waals surface area contributed by atoms with Gasteiger partial charge in [-0.1, -0.05) is 20.8 Å². The molecule has 1 aliphatic rings. The Bertz CT molecular complexity index is 1050. The number of hydrogen-bond acceptors (Lipinski definition) is 5. The summed E-state index contributed by atoms with van der Waals surface area (Å²) in [6.07, 6.45) is 5.78. The first-order chi connectivity index (χ1) is 12.8. The maximum Gasteiger partial charge on any atom is 0.211 e. The number of sulfonamides is 1. The lowest BCUT2D eigenvalue weighted by molar-refractivity contribution is 0.505. The molecule has 3 aromatic rings. The van der Waals surface area contributed by atoms with E-state index in [0.29, 0.717) is 23.9 Å². The minimum Gasteiger partial charge on any atom is -0.345 e. The van der Waals surface area contributed by atoms with Crippen molar-refractivity contribution < 1.29 is 8.42 Å². The smallest absolute Gasteiger partial charge is 0.211 e. The van der Waals surface area contributed by atoms with Gasteiger partial charge in [-0.3, -0.25) is 4.40 Å². The van der Waals surface area contributed by atoms with E-state index in [4.69, 9.17) is 0 Å². The topological polar surface area (TPSA) is 105 Å². The van der Waals surface area contributed by atoms with Gasteiger partial charge in [0.15, 0.2) is 11.3 Å². The van der Waals surface area contributed by atoms with Gasteiger partial charge in [-0.2, -0.15) is 0 Å². The number of fused-ring (bicyclic) bond motifs is 3. The minimum atomic E-state index is -3.25. The Hall–Kier alpha value is -2.00. The summed E-state index contributed by atoms with van der Waals surface area (Å²) in [5, 5.41) is 8.70. The Labute approximate surface area is 158 Å². The van der Waals surface area contributed by atoms with Crippen LogP contribution in [-0.2, 0) is 10.0 Å². The van der Waals surface area contributed by atoms with Gasteiger partial charge >= 0.3 is 0 Å². The number of rotatable bonds is 6. The van der Waals surface area contributed by atoms with Gasteiger partial charge in [-0.25, -0.2) is 18.1 Å². The van der Waals surface area contributed by atoms with Crippen molar-refractivity contribution in [1.82, 2.24) is 29.3 Å². The van der Waals surface area contributed by atoms with E-state index in [-0.39, 0.29) is 17.7 Å². The van der Waals surface area contributed by atoms with E-state index in [0.717, 1.165) is 29.8 Å². The average Bonchev–Trinajstić information content (AvgIpc) is 3.29. The highest BCUT2D eigenvalue weighted by molar-refractivity contribution is 7.89. The van der Waals surface area contributed by atoms with E-state index in [9.17, 15) is 8.42 Å². The molecule has 3 atom stereocenters. The molecule has 9 heteroatoms. The van der Waals surface area contributed by atoms with Gasteiger partial charge in [0, 0.05) is 18.2 Å². The maximum absolute atomic E-state index is 12.4. The molecule has 0 aliphatic heterocycles. The first-order valence-corrected chi connectivity index (χ1v) is 11.2. The van der Waals surface area contributed by atoms with Crippen LogP contribution in [0.3, 0.4) is 0 Å². The molecule has 8 nitrogen and oxygen atoms in total. The van der Waals surface area contributed by atoms with Gasteiger partial charge in [-0.15, -0.1) is 10.2 Å². The van der Waals surface area contributed by atoms with Gasteiger partial charge in [0.2, 0.25) is 10.0 Å². The third kappa shape index (κ3) is 3.58. The zero-order valence-corrected chi connectivity index (χ0v) is 16.7. The molecule has 1 unspecified atom stereocenters. The lowest BCUT2D eigenvalue weighted by Crippen LogP contribution is -2.35. The summed E-state index contributed by atoms with van der Waals surface area (Å²) in [5.74, 6) is 1.91. The molecule has 1 saturated carbocycles. The Morgan fingerprint density at radius 3 is 2.93 bits per heavy atom. The number of aromatic nitrogens is 5. The van der Waals surface area contributed by atoms with E-state index in [1.165, 1.54) is 0 Å². The summed E-state index contributed by atoms with van der Waals surface area (Å²) in [6, 6.07) is 1.91. The van der Waals surface area contributed by atoms with Crippen molar-refractivity contribution in [3.05, 3.63) is 24.3 Å². The minimum absolute atomic E-state index is 0.0573. The molecule has 27 heavy (non-hydrogen) atoms.